The van der Waals surface area contributed by atoms with Crippen molar-refractivity contribution in [3.63, 3.8) is 0 Å². The second kappa shape index (κ2) is 4.35. The summed E-state index contributed by atoms with van der Waals surface area (Å²) in [5.74, 6) is 0.522. The molecule has 1 fully saturated rings. The normalized spacial score (nSPS) is 39.4. The molecule has 0 radical (unpaired) electrons. The van der Waals surface area contributed by atoms with Gasteiger partial charge in [0.2, 0.25) is 0 Å². The number of hydrogen-bond donors (Lipinski definition) is 0. The van der Waals surface area contributed by atoms with Crippen molar-refractivity contribution >= 4 is 11.1 Å². The maximum absolute atomic E-state index is 10.8. The Morgan fingerprint density at radius 3 is 2.67 bits per heavy atom. The van der Waals surface area contributed by atoms with Crippen molar-refractivity contribution in [2.24, 2.45) is 5.92 Å². The summed E-state index contributed by atoms with van der Waals surface area (Å²) in [6.45, 7) is 2.09. The molecule has 1 saturated carbocycles. The molecule has 0 aliphatic heterocycles. The van der Waals surface area contributed by atoms with E-state index in [-0.39, 0.29) is 11.4 Å². The molecule has 0 amide bonds. The van der Waals surface area contributed by atoms with Crippen LogP contribution in [0.25, 0.3) is 0 Å². The van der Waals surface area contributed by atoms with E-state index < -0.39 is 11.1 Å². The van der Waals surface area contributed by atoms with E-state index >= 15 is 0 Å². The highest BCUT2D eigenvalue weighted by Crippen LogP contribution is 2.28. The second-order valence-electron chi connectivity index (χ2n) is 3.55. The molecule has 0 saturated heterocycles. The smallest absolute Gasteiger partial charge is 0.143 e. The molecule has 1 aliphatic rings. The van der Waals surface area contributed by atoms with E-state index in [1.165, 1.54) is 0 Å². The van der Waals surface area contributed by atoms with Crippen molar-refractivity contribution < 1.29 is 13.5 Å². The van der Waals surface area contributed by atoms with Crippen LogP contribution in [0.2, 0.25) is 0 Å². The van der Waals surface area contributed by atoms with Gasteiger partial charge in [0.15, 0.2) is 0 Å². The molecule has 4 atom stereocenters. The van der Waals surface area contributed by atoms with Crippen LogP contribution < -0.4 is 0 Å². The average Bonchev–Trinajstić information content (AvgIpc) is 2.04. The van der Waals surface area contributed by atoms with Gasteiger partial charge in [0, 0.05) is 18.2 Å². The lowest BCUT2D eigenvalue weighted by atomic mass is 9.88. The minimum atomic E-state index is -2.32. The van der Waals surface area contributed by atoms with Gasteiger partial charge in [-0.25, -0.2) is 0 Å². The quantitative estimate of drug-likeness (QED) is 0.485. The summed E-state index contributed by atoms with van der Waals surface area (Å²) in [6, 6.07) is 0. The van der Waals surface area contributed by atoms with Crippen LogP contribution in [0.15, 0.2) is 0 Å². The number of ether oxygens (including phenoxy) is 1. The topological polar surface area (TPSA) is 49.4 Å². The van der Waals surface area contributed by atoms with E-state index in [1.807, 2.05) is 0 Å². The van der Waals surface area contributed by atoms with E-state index in [0.29, 0.717) is 5.92 Å². The summed E-state index contributed by atoms with van der Waals surface area (Å²) in [4.78, 5) is 0. The van der Waals surface area contributed by atoms with Crippen molar-refractivity contribution in [1.82, 2.24) is 0 Å². The van der Waals surface area contributed by atoms with Gasteiger partial charge in [-0.3, -0.25) is 0 Å². The lowest BCUT2D eigenvalue weighted by Crippen LogP contribution is -2.37. The Kier molecular flexibility index (Phi) is 3.68. The predicted molar refractivity (Wildman–Crippen MR) is 47.8 cm³/mol. The Morgan fingerprint density at radius 2 is 2.17 bits per heavy atom. The minimum Gasteiger partial charge on any atom is -0.616 e. The largest absolute Gasteiger partial charge is 0.616 e. The van der Waals surface area contributed by atoms with Gasteiger partial charge in [0.1, 0.15) is 11.4 Å². The Labute approximate surface area is 75.8 Å². The zero-order chi connectivity index (χ0) is 9.14. The van der Waals surface area contributed by atoms with E-state index in [0.717, 1.165) is 19.3 Å². The molecule has 0 N–H and O–H groups in total. The van der Waals surface area contributed by atoms with Crippen LogP contribution in [0.5, 0.6) is 0 Å². The number of methoxy groups -OCH3 is 1. The first-order chi connectivity index (χ1) is 5.65. The van der Waals surface area contributed by atoms with E-state index in [1.54, 1.807) is 7.11 Å². The van der Waals surface area contributed by atoms with Gasteiger partial charge in [0.05, 0.1) is 0 Å². The predicted octanol–water partition coefficient (Wildman–Crippen LogP) is 1.02. The monoisotopic (exact) mass is 192 g/mol. The van der Waals surface area contributed by atoms with Crippen molar-refractivity contribution in [2.45, 2.75) is 37.5 Å². The summed E-state index contributed by atoms with van der Waals surface area (Å²) in [7, 11) is 1.59. The molecular weight excluding hydrogens is 176 g/mol. The fourth-order valence-corrected chi connectivity index (χ4v) is 2.89. The minimum absolute atomic E-state index is 0.0673. The molecule has 0 aromatic heterocycles. The number of hydrogen-bond acceptors (Lipinski definition) is 3. The Bertz CT molecular complexity index is 172. The fourth-order valence-electron chi connectivity index (χ4n) is 1.82. The number of thiol groups is 1. The van der Waals surface area contributed by atoms with Gasteiger partial charge in [-0.05, 0) is 25.2 Å². The summed E-state index contributed by atoms with van der Waals surface area (Å²) in [6.07, 6.45) is 2.66. The third-order valence-corrected chi connectivity index (χ3v) is 3.68. The maximum atomic E-state index is 10.8. The molecule has 0 spiro atoms. The van der Waals surface area contributed by atoms with Gasteiger partial charge in [-0.15, -0.1) is 4.21 Å². The maximum Gasteiger partial charge on any atom is 0.143 e. The van der Waals surface area contributed by atoms with Crippen LogP contribution in [-0.4, -0.2) is 23.0 Å². The van der Waals surface area contributed by atoms with Crippen LogP contribution in [0, 0.1) is 5.92 Å². The highest BCUT2D eigenvalue weighted by atomic mass is 32.2. The second-order valence-corrected chi connectivity index (χ2v) is 4.78. The molecule has 0 heterocycles. The molecule has 72 valence electrons. The van der Waals surface area contributed by atoms with Crippen LogP contribution >= 0.6 is 0 Å². The summed E-state index contributed by atoms with van der Waals surface area (Å²) in [5.41, 5.74) is 0. The van der Waals surface area contributed by atoms with E-state index in [9.17, 15) is 8.76 Å². The molecule has 4 heteroatoms. The molecule has 1 aliphatic carbocycles. The van der Waals surface area contributed by atoms with Crippen LogP contribution in [0.3, 0.4) is 0 Å². The van der Waals surface area contributed by atoms with Crippen molar-refractivity contribution in [3.8, 4) is 0 Å². The molecular formula is C8H16O3S. The molecule has 1 rings (SSSR count). The zero-order valence-electron chi connectivity index (χ0n) is 7.53. The average molecular weight is 192 g/mol. The van der Waals surface area contributed by atoms with Crippen LogP contribution in [-0.2, 0) is 20.0 Å². The molecule has 4 unspecified atom stereocenters. The highest BCUT2D eigenvalue weighted by Gasteiger charge is 2.33. The van der Waals surface area contributed by atoms with Crippen molar-refractivity contribution in [2.75, 3.05) is 7.11 Å². The third kappa shape index (κ3) is 2.28. The summed E-state index contributed by atoms with van der Waals surface area (Å²) in [5, 5.41) is -0.256. The van der Waals surface area contributed by atoms with Gasteiger partial charge < -0.3 is 9.29 Å². The van der Waals surface area contributed by atoms with E-state index in [4.69, 9.17) is 4.74 Å². The van der Waals surface area contributed by atoms with Crippen LogP contribution in [0.1, 0.15) is 26.2 Å². The van der Waals surface area contributed by atoms with Gasteiger partial charge in [-0.1, -0.05) is 6.92 Å². The Balaban J connectivity index is 2.58. The zero-order valence-corrected chi connectivity index (χ0v) is 8.42. The first kappa shape index (κ1) is 10.2. The highest BCUT2D eigenvalue weighted by molar-refractivity contribution is 7.79. The lowest BCUT2D eigenvalue weighted by molar-refractivity contribution is 0.0615. The summed E-state index contributed by atoms with van der Waals surface area (Å²) >= 11 is -2.32. The molecule has 12 heavy (non-hydrogen) atoms. The van der Waals surface area contributed by atoms with Gasteiger partial charge in [0.25, 0.3) is 0 Å². The van der Waals surface area contributed by atoms with Crippen molar-refractivity contribution in [3.05, 3.63) is 0 Å². The number of rotatable bonds is 2. The third-order valence-electron chi connectivity index (χ3n) is 2.59. The SMILES string of the molecule is COC1CCC(C)CC1[SH+](=O)[O-]. The van der Waals surface area contributed by atoms with Gasteiger partial charge >= 0.3 is 0 Å². The molecule has 0 aromatic rings. The summed E-state index contributed by atoms with van der Waals surface area (Å²) < 4.78 is 26.8. The standard InChI is InChI=1S/C8H16O3S/c1-6-3-4-7(11-2)8(5-6)12(9)10/h6-8,12H,3-5H2,1-2H3. The lowest BCUT2D eigenvalue weighted by Gasteiger charge is -2.30. The van der Waals surface area contributed by atoms with Gasteiger partial charge in [-0.2, -0.15) is 0 Å². The molecule has 0 bridgehead atoms. The van der Waals surface area contributed by atoms with Crippen molar-refractivity contribution in [1.29, 1.82) is 0 Å². The molecule has 0 aromatic carbocycles. The fraction of sp³-hybridized carbons (Fsp3) is 1.00. The van der Waals surface area contributed by atoms with Crippen LogP contribution in [0.4, 0.5) is 0 Å². The Hall–Kier alpha value is 0.0700. The van der Waals surface area contributed by atoms with E-state index in [2.05, 4.69) is 6.92 Å². The first-order valence-corrected chi connectivity index (χ1v) is 5.56. The first-order valence-electron chi connectivity index (χ1n) is 4.31. The Morgan fingerprint density at radius 1 is 1.50 bits per heavy atom. The molecule has 3 nitrogen and oxygen atoms in total.